The van der Waals surface area contributed by atoms with Crippen LogP contribution in [0.5, 0.6) is 0 Å². The molecule has 0 radical (unpaired) electrons. The van der Waals surface area contributed by atoms with Crippen molar-refractivity contribution in [2.24, 2.45) is 11.7 Å². The molecule has 0 aromatic rings. The van der Waals surface area contributed by atoms with Crippen LogP contribution in [0.3, 0.4) is 0 Å². The molecule has 4 heteroatoms. The molecule has 0 aliphatic heterocycles. The fourth-order valence-electron chi connectivity index (χ4n) is 1.58. The Balaban J connectivity index is 4.29. The highest BCUT2D eigenvalue weighted by Crippen LogP contribution is 2.14. The quantitative estimate of drug-likeness (QED) is 0.611. The minimum Gasteiger partial charge on any atom is -0.396 e. The first-order valence-electron chi connectivity index (χ1n) is 6.03. The predicted molar refractivity (Wildman–Crippen MR) is 66.0 cm³/mol. The Morgan fingerprint density at radius 1 is 1.50 bits per heavy atom. The third-order valence-corrected chi connectivity index (χ3v) is 2.93. The van der Waals surface area contributed by atoms with E-state index in [0.717, 1.165) is 6.42 Å². The molecule has 0 aromatic carbocycles. The van der Waals surface area contributed by atoms with Crippen LogP contribution in [-0.2, 0) is 4.79 Å². The number of nitrogens with two attached hydrogens (primary N) is 1. The molecule has 2 unspecified atom stereocenters. The van der Waals surface area contributed by atoms with Gasteiger partial charge in [-0.2, -0.15) is 0 Å². The molecule has 0 rings (SSSR count). The first-order chi connectivity index (χ1) is 7.34. The number of carbonyl (C=O) groups is 1. The lowest BCUT2D eigenvalue weighted by Gasteiger charge is -2.30. The third-order valence-electron chi connectivity index (χ3n) is 2.93. The first-order valence-corrected chi connectivity index (χ1v) is 6.03. The van der Waals surface area contributed by atoms with E-state index in [-0.39, 0.29) is 18.1 Å². The minimum absolute atomic E-state index is 0.0735. The number of hydrogen-bond donors (Lipinski definition) is 3. The van der Waals surface area contributed by atoms with Crippen molar-refractivity contribution in [1.82, 2.24) is 5.32 Å². The summed E-state index contributed by atoms with van der Waals surface area (Å²) in [4.78, 5) is 11.8. The van der Waals surface area contributed by atoms with Gasteiger partial charge in [0.15, 0.2) is 0 Å². The van der Waals surface area contributed by atoms with Gasteiger partial charge in [0.25, 0.3) is 0 Å². The molecule has 0 aromatic heterocycles. The Morgan fingerprint density at radius 3 is 2.44 bits per heavy atom. The Hall–Kier alpha value is -0.610. The summed E-state index contributed by atoms with van der Waals surface area (Å²) in [5, 5.41) is 11.9. The number of carbonyl (C=O) groups excluding carboxylic acids is 1. The van der Waals surface area contributed by atoms with Crippen molar-refractivity contribution in [2.45, 2.75) is 58.5 Å². The highest BCUT2D eigenvalue weighted by Gasteiger charge is 2.26. The van der Waals surface area contributed by atoms with E-state index in [9.17, 15) is 4.79 Å². The van der Waals surface area contributed by atoms with E-state index < -0.39 is 6.04 Å². The van der Waals surface area contributed by atoms with Crippen molar-refractivity contribution in [1.29, 1.82) is 0 Å². The zero-order chi connectivity index (χ0) is 12.8. The average molecular weight is 230 g/mol. The monoisotopic (exact) mass is 230 g/mol. The van der Waals surface area contributed by atoms with Gasteiger partial charge in [-0.05, 0) is 32.1 Å². The van der Waals surface area contributed by atoms with Gasteiger partial charge in [-0.15, -0.1) is 0 Å². The zero-order valence-electron chi connectivity index (χ0n) is 10.9. The van der Waals surface area contributed by atoms with Crippen molar-refractivity contribution in [3.05, 3.63) is 0 Å². The van der Waals surface area contributed by atoms with Crippen LogP contribution in [-0.4, -0.2) is 29.2 Å². The Morgan fingerprint density at radius 2 is 2.06 bits per heavy atom. The second-order valence-corrected chi connectivity index (χ2v) is 5.11. The van der Waals surface area contributed by atoms with Crippen LogP contribution in [0.2, 0.25) is 0 Å². The summed E-state index contributed by atoms with van der Waals surface area (Å²) >= 11 is 0. The van der Waals surface area contributed by atoms with Crippen molar-refractivity contribution in [3.8, 4) is 0 Å². The SMILES string of the molecule is CCC(C)(CCO)NC(=O)C(N)CC(C)C. The Kier molecular flexibility index (Phi) is 6.60. The number of hydrogen-bond acceptors (Lipinski definition) is 3. The van der Waals surface area contributed by atoms with Crippen LogP contribution in [0.15, 0.2) is 0 Å². The van der Waals surface area contributed by atoms with Gasteiger partial charge in [0.2, 0.25) is 5.91 Å². The molecular formula is C12H26N2O2. The molecule has 4 N–H and O–H groups in total. The summed E-state index contributed by atoms with van der Waals surface area (Å²) in [5.41, 5.74) is 5.45. The molecule has 0 saturated heterocycles. The number of aliphatic hydroxyl groups is 1. The number of amides is 1. The van der Waals surface area contributed by atoms with E-state index in [2.05, 4.69) is 5.32 Å². The van der Waals surface area contributed by atoms with Crippen LogP contribution in [0.25, 0.3) is 0 Å². The fourth-order valence-corrected chi connectivity index (χ4v) is 1.58. The molecule has 1 amide bonds. The molecule has 0 spiro atoms. The topological polar surface area (TPSA) is 75.3 Å². The van der Waals surface area contributed by atoms with Gasteiger partial charge in [-0.1, -0.05) is 20.8 Å². The third kappa shape index (κ3) is 5.47. The van der Waals surface area contributed by atoms with Crippen LogP contribution >= 0.6 is 0 Å². The number of rotatable bonds is 7. The maximum absolute atomic E-state index is 11.8. The molecule has 16 heavy (non-hydrogen) atoms. The predicted octanol–water partition coefficient (Wildman–Crippen LogP) is 1.03. The van der Waals surface area contributed by atoms with Crippen molar-refractivity contribution < 1.29 is 9.90 Å². The summed E-state index contributed by atoms with van der Waals surface area (Å²) in [6.07, 6.45) is 2.03. The molecule has 0 saturated carbocycles. The zero-order valence-corrected chi connectivity index (χ0v) is 10.9. The normalized spacial score (nSPS) is 16.9. The summed E-state index contributed by atoms with van der Waals surface area (Å²) < 4.78 is 0. The molecule has 0 aliphatic carbocycles. The van der Waals surface area contributed by atoms with Gasteiger partial charge in [-0.3, -0.25) is 4.79 Å². The highest BCUT2D eigenvalue weighted by molar-refractivity contribution is 5.82. The Bertz CT molecular complexity index is 219. The van der Waals surface area contributed by atoms with E-state index in [1.54, 1.807) is 0 Å². The largest absolute Gasteiger partial charge is 0.396 e. The summed E-state index contributed by atoms with van der Waals surface area (Å²) in [6, 6.07) is -0.454. The van der Waals surface area contributed by atoms with E-state index in [0.29, 0.717) is 18.8 Å². The smallest absolute Gasteiger partial charge is 0.237 e. The summed E-state index contributed by atoms with van der Waals surface area (Å²) in [6.45, 7) is 8.08. The van der Waals surface area contributed by atoms with E-state index in [4.69, 9.17) is 10.8 Å². The van der Waals surface area contributed by atoms with Crippen molar-refractivity contribution >= 4 is 5.91 Å². The van der Waals surface area contributed by atoms with Gasteiger partial charge in [0.1, 0.15) is 0 Å². The molecule has 0 heterocycles. The Labute approximate surface area is 98.6 Å². The summed E-state index contributed by atoms with van der Waals surface area (Å²) in [7, 11) is 0. The van der Waals surface area contributed by atoms with Crippen LogP contribution in [0, 0.1) is 5.92 Å². The second kappa shape index (κ2) is 6.86. The number of aliphatic hydroxyl groups excluding tert-OH is 1. The van der Waals surface area contributed by atoms with Gasteiger partial charge in [0, 0.05) is 12.1 Å². The molecule has 0 aliphatic rings. The molecule has 0 fully saturated rings. The highest BCUT2D eigenvalue weighted by atomic mass is 16.3. The van der Waals surface area contributed by atoms with Crippen molar-refractivity contribution in [3.63, 3.8) is 0 Å². The number of nitrogens with one attached hydrogen (secondary N) is 1. The fraction of sp³-hybridized carbons (Fsp3) is 0.917. The second-order valence-electron chi connectivity index (χ2n) is 5.11. The minimum atomic E-state index is -0.454. The van der Waals surface area contributed by atoms with Gasteiger partial charge in [-0.25, -0.2) is 0 Å². The molecular weight excluding hydrogens is 204 g/mol. The average Bonchev–Trinajstić information content (AvgIpc) is 2.17. The maximum atomic E-state index is 11.8. The molecule has 2 atom stereocenters. The van der Waals surface area contributed by atoms with Gasteiger partial charge < -0.3 is 16.2 Å². The molecule has 0 bridgehead atoms. The standard InChI is InChI=1S/C12H26N2O2/c1-5-12(4,6-7-15)14-11(16)10(13)8-9(2)3/h9-10,15H,5-8,13H2,1-4H3,(H,14,16). The van der Waals surface area contributed by atoms with Crippen LogP contribution in [0.1, 0.15) is 47.0 Å². The van der Waals surface area contributed by atoms with Gasteiger partial charge in [0.05, 0.1) is 6.04 Å². The molecule has 4 nitrogen and oxygen atoms in total. The lowest BCUT2D eigenvalue weighted by Crippen LogP contribution is -2.52. The summed E-state index contributed by atoms with van der Waals surface area (Å²) in [5.74, 6) is 0.290. The van der Waals surface area contributed by atoms with Crippen LogP contribution < -0.4 is 11.1 Å². The van der Waals surface area contributed by atoms with E-state index in [1.165, 1.54) is 0 Å². The van der Waals surface area contributed by atoms with E-state index in [1.807, 2.05) is 27.7 Å². The van der Waals surface area contributed by atoms with Crippen LogP contribution in [0.4, 0.5) is 0 Å². The van der Waals surface area contributed by atoms with E-state index >= 15 is 0 Å². The first kappa shape index (κ1) is 15.4. The lowest BCUT2D eigenvalue weighted by molar-refractivity contribution is -0.124. The van der Waals surface area contributed by atoms with Gasteiger partial charge >= 0.3 is 0 Å². The van der Waals surface area contributed by atoms with Crippen molar-refractivity contribution in [2.75, 3.05) is 6.61 Å². The lowest BCUT2D eigenvalue weighted by atomic mass is 9.93. The maximum Gasteiger partial charge on any atom is 0.237 e. The molecule has 96 valence electrons.